The Bertz CT molecular complexity index is 782. The molecule has 31 heavy (non-hydrogen) atoms. The lowest BCUT2D eigenvalue weighted by atomic mass is 10.0. The van der Waals surface area contributed by atoms with Crippen molar-refractivity contribution in [2.45, 2.75) is 37.2 Å². The Morgan fingerprint density at radius 2 is 1.87 bits per heavy atom. The lowest BCUT2D eigenvalue weighted by Crippen LogP contribution is -2.39. The zero-order valence-corrected chi connectivity index (χ0v) is 18.8. The number of aliphatic hydroxyl groups is 1. The molecule has 0 aromatic heterocycles. The van der Waals surface area contributed by atoms with Crippen molar-refractivity contribution in [3.8, 4) is 5.75 Å². The van der Waals surface area contributed by atoms with Crippen molar-refractivity contribution in [1.82, 2.24) is 5.32 Å². The van der Waals surface area contributed by atoms with E-state index in [1.807, 2.05) is 42.5 Å². The molecule has 0 radical (unpaired) electrons. The summed E-state index contributed by atoms with van der Waals surface area (Å²) in [6.07, 6.45) is -0.488. The van der Waals surface area contributed by atoms with Crippen molar-refractivity contribution in [3.05, 3.63) is 72.8 Å². The van der Waals surface area contributed by atoms with Gasteiger partial charge in [-0.1, -0.05) is 50.8 Å². The minimum Gasteiger partial charge on any atom is -0.491 e. The van der Waals surface area contributed by atoms with Gasteiger partial charge in [-0.05, 0) is 35.7 Å². The number of hydrogen-bond donors (Lipinski definition) is 2. The van der Waals surface area contributed by atoms with Gasteiger partial charge in [0.05, 0.1) is 0 Å². The molecule has 0 aliphatic heterocycles. The van der Waals surface area contributed by atoms with Gasteiger partial charge in [0.1, 0.15) is 25.1 Å². The first-order valence-corrected chi connectivity index (χ1v) is 11.2. The van der Waals surface area contributed by atoms with Gasteiger partial charge in [-0.3, -0.25) is 5.32 Å². The van der Waals surface area contributed by atoms with E-state index in [0.717, 1.165) is 16.7 Å². The lowest BCUT2D eigenvalue weighted by molar-refractivity contribution is -0.157. The van der Waals surface area contributed by atoms with Gasteiger partial charge in [-0.2, -0.15) is 0 Å². The van der Waals surface area contributed by atoms with Gasteiger partial charge in [0, 0.05) is 23.3 Å². The topological polar surface area (TPSA) is 77.0 Å². The SMILES string of the molecule is C=CC(=O)OCCNC(O)OC(COc1ccc(C(C)C)cc1)CSc1ccccc1. The van der Waals surface area contributed by atoms with Gasteiger partial charge in [0.2, 0.25) is 6.41 Å². The number of esters is 1. The van der Waals surface area contributed by atoms with E-state index in [9.17, 15) is 9.90 Å². The Hall–Kier alpha value is -2.32. The highest BCUT2D eigenvalue weighted by Gasteiger charge is 2.16. The summed E-state index contributed by atoms with van der Waals surface area (Å²) in [5.41, 5.74) is 1.25. The average molecular weight is 446 g/mol. The molecule has 2 N–H and O–H groups in total. The van der Waals surface area contributed by atoms with E-state index in [1.54, 1.807) is 11.8 Å². The molecular weight excluding hydrogens is 414 g/mol. The average Bonchev–Trinajstić information content (AvgIpc) is 2.79. The molecule has 0 heterocycles. The van der Waals surface area contributed by atoms with E-state index < -0.39 is 12.4 Å². The molecule has 6 nitrogen and oxygen atoms in total. The van der Waals surface area contributed by atoms with Crippen LogP contribution in [0.15, 0.2) is 72.1 Å². The third kappa shape index (κ3) is 10.0. The second-order valence-corrected chi connectivity index (χ2v) is 8.19. The minimum atomic E-state index is -1.21. The van der Waals surface area contributed by atoms with Crippen molar-refractivity contribution in [1.29, 1.82) is 0 Å². The van der Waals surface area contributed by atoms with Gasteiger partial charge in [-0.25, -0.2) is 4.79 Å². The molecule has 0 amide bonds. The van der Waals surface area contributed by atoms with Gasteiger partial charge in [-0.15, -0.1) is 11.8 Å². The van der Waals surface area contributed by atoms with E-state index in [4.69, 9.17) is 14.2 Å². The fraction of sp³-hybridized carbons (Fsp3) is 0.375. The van der Waals surface area contributed by atoms with Crippen LogP contribution in [-0.2, 0) is 14.3 Å². The van der Waals surface area contributed by atoms with Crippen LogP contribution in [0.4, 0.5) is 0 Å². The Labute approximate surface area is 188 Å². The maximum absolute atomic E-state index is 11.1. The Kier molecular flexibility index (Phi) is 11.2. The van der Waals surface area contributed by atoms with Crippen molar-refractivity contribution in [2.24, 2.45) is 0 Å². The summed E-state index contributed by atoms with van der Waals surface area (Å²) in [4.78, 5) is 12.2. The van der Waals surface area contributed by atoms with E-state index >= 15 is 0 Å². The van der Waals surface area contributed by atoms with Gasteiger partial charge in [0.15, 0.2) is 0 Å². The van der Waals surface area contributed by atoms with Crippen LogP contribution in [0, 0.1) is 0 Å². The highest BCUT2D eigenvalue weighted by atomic mass is 32.2. The molecule has 0 saturated carbocycles. The summed E-state index contributed by atoms with van der Waals surface area (Å²) < 4.78 is 16.5. The Morgan fingerprint density at radius 1 is 1.16 bits per heavy atom. The van der Waals surface area contributed by atoms with Crippen LogP contribution in [0.3, 0.4) is 0 Å². The molecule has 2 atom stereocenters. The highest BCUT2D eigenvalue weighted by Crippen LogP contribution is 2.21. The number of aliphatic hydroxyl groups excluding tert-OH is 1. The smallest absolute Gasteiger partial charge is 0.330 e. The van der Waals surface area contributed by atoms with Gasteiger partial charge in [0.25, 0.3) is 0 Å². The third-order valence-corrected chi connectivity index (χ3v) is 5.46. The van der Waals surface area contributed by atoms with Crippen LogP contribution < -0.4 is 10.1 Å². The molecule has 0 spiro atoms. The number of carbonyl (C=O) groups is 1. The molecule has 2 unspecified atom stereocenters. The molecule has 2 aromatic rings. The molecule has 0 aliphatic carbocycles. The van der Waals surface area contributed by atoms with Crippen molar-refractivity contribution in [2.75, 3.05) is 25.5 Å². The summed E-state index contributed by atoms with van der Waals surface area (Å²) >= 11 is 1.62. The summed E-state index contributed by atoms with van der Waals surface area (Å²) in [6, 6.07) is 18.0. The third-order valence-electron chi connectivity index (χ3n) is 4.32. The molecule has 0 saturated heterocycles. The molecule has 2 rings (SSSR count). The Balaban J connectivity index is 1.87. The predicted octanol–water partition coefficient (Wildman–Crippen LogP) is 3.96. The van der Waals surface area contributed by atoms with Crippen LogP contribution in [-0.4, -0.2) is 49.1 Å². The van der Waals surface area contributed by atoms with Gasteiger partial charge >= 0.3 is 5.97 Å². The summed E-state index contributed by atoms with van der Waals surface area (Å²) in [7, 11) is 0. The van der Waals surface area contributed by atoms with Crippen LogP contribution >= 0.6 is 11.8 Å². The molecule has 168 valence electrons. The highest BCUT2D eigenvalue weighted by molar-refractivity contribution is 7.99. The standard InChI is InChI=1S/C24H31NO5S/c1-4-23(26)28-15-14-25-24(27)30-21(17-31-22-8-6-5-7-9-22)16-29-20-12-10-19(11-13-20)18(2)3/h4-13,18,21,24-25,27H,1,14-17H2,2-3H3. The maximum atomic E-state index is 11.1. The molecule has 0 aliphatic rings. The molecule has 0 fully saturated rings. The van der Waals surface area contributed by atoms with Crippen molar-refractivity contribution < 1.29 is 24.1 Å². The first-order valence-electron chi connectivity index (χ1n) is 10.2. The Morgan fingerprint density at radius 3 is 2.52 bits per heavy atom. The number of benzene rings is 2. The van der Waals surface area contributed by atoms with Crippen LogP contribution in [0.1, 0.15) is 25.3 Å². The van der Waals surface area contributed by atoms with E-state index in [1.165, 1.54) is 5.56 Å². The fourth-order valence-corrected chi connectivity index (χ4v) is 3.50. The second-order valence-electron chi connectivity index (χ2n) is 7.09. The largest absolute Gasteiger partial charge is 0.491 e. The van der Waals surface area contributed by atoms with E-state index in [-0.39, 0.29) is 25.9 Å². The normalized spacial score (nSPS) is 12.9. The van der Waals surface area contributed by atoms with Crippen molar-refractivity contribution >= 4 is 17.7 Å². The number of thioether (sulfide) groups is 1. The first-order chi connectivity index (χ1) is 15.0. The maximum Gasteiger partial charge on any atom is 0.330 e. The number of carbonyl (C=O) groups excluding carboxylic acids is 1. The van der Waals surface area contributed by atoms with Crippen LogP contribution in [0.5, 0.6) is 5.75 Å². The summed E-state index contributed by atoms with van der Waals surface area (Å²) in [6.45, 7) is 8.26. The molecule has 2 aromatic carbocycles. The summed E-state index contributed by atoms with van der Waals surface area (Å²) in [5.74, 6) is 1.30. The first kappa shape index (κ1) is 24.9. The van der Waals surface area contributed by atoms with E-state index in [0.29, 0.717) is 11.7 Å². The number of nitrogens with one attached hydrogen (secondary N) is 1. The van der Waals surface area contributed by atoms with Gasteiger partial charge < -0.3 is 19.3 Å². The summed E-state index contributed by atoms with van der Waals surface area (Å²) in [5, 5.41) is 12.9. The van der Waals surface area contributed by atoms with E-state index in [2.05, 4.69) is 37.9 Å². The van der Waals surface area contributed by atoms with Crippen LogP contribution in [0.2, 0.25) is 0 Å². The lowest BCUT2D eigenvalue weighted by Gasteiger charge is -2.22. The van der Waals surface area contributed by atoms with Crippen LogP contribution in [0.25, 0.3) is 0 Å². The quantitative estimate of drug-likeness (QED) is 0.150. The monoisotopic (exact) mass is 445 g/mol. The zero-order chi connectivity index (χ0) is 22.5. The number of rotatable bonds is 14. The molecular formula is C24H31NO5S. The van der Waals surface area contributed by atoms with Crippen molar-refractivity contribution in [3.63, 3.8) is 0 Å². The number of hydrogen-bond acceptors (Lipinski definition) is 7. The molecule has 7 heteroatoms. The number of ether oxygens (including phenoxy) is 3. The predicted molar refractivity (Wildman–Crippen MR) is 123 cm³/mol. The molecule has 0 bridgehead atoms. The minimum absolute atomic E-state index is 0.105. The second kappa shape index (κ2) is 13.9. The zero-order valence-electron chi connectivity index (χ0n) is 18.0. The fourth-order valence-electron chi connectivity index (χ4n) is 2.59.